The molecule has 6 heteroatoms. The molecule has 0 spiro atoms. The monoisotopic (exact) mass is 345 g/mol. The van der Waals surface area contributed by atoms with Crippen LogP contribution in [0.3, 0.4) is 0 Å². The maximum atomic E-state index is 6.10. The molecule has 1 aromatic heterocycles. The van der Waals surface area contributed by atoms with Crippen molar-refractivity contribution in [2.24, 2.45) is 0 Å². The lowest BCUT2D eigenvalue weighted by atomic mass is 10.2. The first-order valence-corrected chi connectivity index (χ1v) is 8.88. The molecular formula is C18H24ClN5. The Kier molecular flexibility index (Phi) is 5.41. The van der Waals surface area contributed by atoms with E-state index in [4.69, 9.17) is 11.6 Å². The minimum Gasteiger partial charge on any atom is -0.368 e. The van der Waals surface area contributed by atoms with Gasteiger partial charge in [0.25, 0.3) is 0 Å². The fraction of sp³-hybridized carbons (Fsp3) is 0.444. The van der Waals surface area contributed by atoms with Crippen LogP contribution in [0, 0.1) is 0 Å². The number of anilines is 3. The largest absolute Gasteiger partial charge is 0.368 e. The van der Waals surface area contributed by atoms with Gasteiger partial charge < -0.3 is 15.1 Å². The van der Waals surface area contributed by atoms with Gasteiger partial charge >= 0.3 is 0 Å². The Morgan fingerprint density at radius 1 is 1.17 bits per heavy atom. The zero-order chi connectivity index (χ0) is 16.9. The van der Waals surface area contributed by atoms with Gasteiger partial charge in [-0.2, -0.15) is 4.98 Å². The van der Waals surface area contributed by atoms with Crippen LogP contribution >= 0.6 is 11.6 Å². The lowest BCUT2D eigenvalue weighted by molar-refractivity contribution is 0.639. The summed E-state index contributed by atoms with van der Waals surface area (Å²) in [4.78, 5) is 13.7. The zero-order valence-electron chi connectivity index (χ0n) is 14.2. The molecule has 5 nitrogen and oxygen atoms in total. The molecule has 2 aromatic rings. The molecule has 1 atom stereocenters. The second kappa shape index (κ2) is 7.71. The average Bonchev–Trinajstić information content (AvgIpc) is 2.62. The number of benzene rings is 1. The van der Waals surface area contributed by atoms with Crippen LogP contribution in [0.25, 0.3) is 0 Å². The summed E-state index contributed by atoms with van der Waals surface area (Å²) >= 11 is 6.10. The van der Waals surface area contributed by atoms with Crippen molar-refractivity contribution in [1.82, 2.24) is 9.97 Å². The molecule has 24 heavy (non-hydrogen) atoms. The highest BCUT2D eigenvalue weighted by molar-refractivity contribution is 6.30. The van der Waals surface area contributed by atoms with Gasteiger partial charge in [0.05, 0.1) is 0 Å². The van der Waals surface area contributed by atoms with Gasteiger partial charge in [-0.15, -0.1) is 0 Å². The van der Waals surface area contributed by atoms with Crippen LogP contribution < -0.4 is 15.1 Å². The second-order valence-electron chi connectivity index (χ2n) is 6.15. The van der Waals surface area contributed by atoms with E-state index in [1.165, 1.54) is 5.69 Å². The van der Waals surface area contributed by atoms with Crippen LogP contribution in [-0.2, 0) is 0 Å². The van der Waals surface area contributed by atoms with E-state index in [9.17, 15) is 0 Å². The highest BCUT2D eigenvalue weighted by atomic mass is 35.5. The Bertz CT molecular complexity index is 670. The minimum atomic E-state index is 0.410. The number of aromatic nitrogens is 2. The van der Waals surface area contributed by atoms with Crippen molar-refractivity contribution in [2.45, 2.75) is 26.3 Å². The van der Waals surface area contributed by atoms with Crippen molar-refractivity contribution in [3.63, 3.8) is 0 Å². The van der Waals surface area contributed by atoms with E-state index in [1.54, 1.807) is 0 Å². The average molecular weight is 346 g/mol. The van der Waals surface area contributed by atoms with Crippen LogP contribution in [0.2, 0.25) is 5.02 Å². The summed E-state index contributed by atoms with van der Waals surface area (Å²) < 4.78 is 0. The Morgan fingerprint density at radius 3 is 2.62 bits per heavy atom. The molecule has 3 rings (SSSR count). The number of hydrogen-bond donors (Lipinski definition) is 1. The Hall–Kier alpha value is -2.01. The molecule has 0 saturated carbocycles. The van der Waals surface area contributed by atoms with Gasteiger partial charge in [0.1, 0.15) is 5.82 Å². The van der Waals surface area contributed by atoms with Crippen molar-refractivity contribution in [2.75, 3.05) is 41.3 Å². The number of nitrogens with zero attached hydrogens (tertiary/aromatic N) is 4. The number of nitrogens with one attached hydrogen (secondary N) is 1. The fourth-order valence-corrected chi connectivity index (χ4v) is 2.96. The summed E-state index contributed by atoms with van der Waals surface area (Å²) in [5, 5.41) is 4.19. The molecular weight excluding hydrogens is 322 g/mol. The van der Waals surface area contributed by atoms with E-state index >= 15 is 0 Å². The van der Waals surface area contributed by atoms with Crippen LogP contribution in [0.15, 0.2) is 36.5 Å². The summed E-state index contributed by atoms with van der Waals surface area (Å²) in [6, 6.07) is 10.4. The van der Waals surface area contributed by atoms with E-state index in [0.29, 0.717) is 6.04 Å². The zero-order valence-corrected chi connectivity index (χ0v) is 15.0. The first-order chi connectivity index (χ1) is 11.7. The summed E-state index contributed by atoms with van der Waals surface area (Å²) in [5.41, 5.74) is 1.18. The smallest absolute Gasteiger partial charge is 0.227 e. The maximum absolute atomic E-state index is 6.10. The summed E-state index contributed by atoms with van der Waals surface area (Å²) in [7, 11) is 0. The van der Waals surface area contributed by atoms with Gasteiger partial charge in [-0.3, -0.25) is 0 Å². The first kappa shape index (κ1) is 16.8. The molecule has 0 radical (unpaired) electrons. The molecule has 1 fully saturated rings. The molecule has 1 N–H and O–H groups in total. The predicted molar refractivity (Wildman–Crippen MR) is 101 cm³/mol. The van der Waals surface area contributed by atoms with Crippen LogP contribution in [0.5, 0.6) is 0 Å². The number of hydrogen-bond acceptors (Lipinski definition) is 5. The highest BCUT2D eigenvalue weighted by Crippen LogP contribution is 2.22. The highest BCUT2D eigenvalue weighted by Gasteiger charge is 2.19. The van der Waals surface area contributed by atoms with Gasteiger partial charge in [0.2, 0.25) is 5.95 Å². The fourth-order valence-electron chi connectivity index (χ4n) is 2.77. The van der Waals surface area contributed by atoms with Gasteiger partial charge in [0, 0.05) is 49.1 Å². The molecule has 0 aliphatic carbocycles. The van der Waals surface area contributed by atoms with Crippen molar-refractivity contribution in [3.05, 3.63) is 41.6 Å². The number of halogens is 1. The van der Waals surface area contributed by atoms with Crippen molar-refractivity contribution < 1.29 is 0 Å². The van der Waals surface area contributed by atoms with Crippen LogP contribution in [0.1, 0.15) is 20.3 Å². The molecule has 0 amide bonds. The molecule has 1 aliphatic heterocycles. The topological polar surface area (TPSA) is 44.3 Å². The Balaban J connectivity index is 1.63. The lowest BCUT2D eigenvalue weighted by Gasteiger charge is -2.36. The normalized spacial score (nSPS) is 16.1. The number of rotatable bonds is 5. The SMILES string of the molecule is CCC(C)Nc1ccnc(N2CCN(c3cccc(Cl)c3)CC2)n1. The third-order valence-electron chi connectivity index (χ3n) is 4.39. The lowest BCUT2D eigenvalue weighted by Crippen LogP contribution is -2.47. The van der Waals surface area contributed by atoms with Crippen LogP contribution in [-0.4, -0.2) is 42.2 Å². The van der Waals surface area contributed by atoms with Crippen molar-refractivity contribution in [1.29, 1.82) is 0 Å². The molecule has 2 heterocycles. The van der Waals surface area contributed by atoms with E-state index in [2.05, 4.69) is 45.0 Å². The van der Waals surface area contributed by atoms with Gasteiger partial charge in [-0.25, -0.2) is 4.98 Å². The van der Waals surface area contributed by atoms with Gasteiger partial charge in [-0.05, 0) is 37.6 Å². The quantitative estimate of drug-likeness (QED) is 0.895. The van der Waals surface area contributed by atoms with E-state index < -0.39 is 0 Å². The van der Waals surface area contributed by atoms with Crippen molar-refractivity contribution >= 4 is 29.1 Å². The first-order valence-electron chi connectivity index (χ1n) is 8.50. The van der Waals surface area contributed by atoms with E-state index in [1.807, 2.05) is 30.5 Å². The molecule has 1 aromatic carbocycles. The minimum absolute atomic E-state index is 0.410. The Morgan fingerprint density at radius 2 is 1.92 bits per heavy atom. The summed E-state index contributed by atoms with van der Waals surface area (Å²) in [6.45, 7) is 8.00. The molecule has 1 aliphatic rings. The van der Waals surface area contributed by atoms with E-state index in [-0.39, 0.29) is 0 Å². The molecule has 128 valence electrons. The summed E-state index contributed by atoms with van der Waals surface area (Å²) in [6.07, 6.45) is 2.90. The van der Waals surface area contributed by atoms with Gasteiger partial charge in [-0.1, -0.05) is 24.6 Å². The maximum Gasteiger partial charge on any atom is 0.227 e. The van der Waals surface area contributed by atoms with Gasteiger partial charge in [0.15, 0.2) is 0 Å². The standard InChI is InChI=1S/C18H24ClN5/c1-3-14(2)21-17-7-8-20-18(22-17)24-11-9-23(10-12-24)16-6-4-5-15(19)13-16/h4-8,13-14H,3,9-12H2,1-2H3,(H,20,21,22). The molecule has 1 saturated heterocycles. The summed E-state index contributed by atoms with van der Waals surface area (Å²) in [5.74, 6) is 1.70. The number of piperazine rings is 1. The van der Waals surface area contributed by atoms with Crippen LogP contribution in [0.4, 0.5) is 17.5 Å². The van der Waals surface area contributed by atoms with E-state index in [0.717, 1.165) is 49.4 Å². The second-order valence-corrected chi connectivity index (χ2v) is 6.59. The Labute approximate surface area is 148 Å². The molecule has 0 bridgehead atoms. The predicted octanol–water partition coefficient (Wildman–Crippen LogP) is 3.67. The third-order valence-corrected chi connectivity index (χ3v) is 4.62. The molecule has 1 unspecified atom stereocenters. The van der Waals surface area contributed by atoms with Crippen molar-refractivity contribution in [3.8, 4) is 0 Å². The third kappa shape index (κ3) is 4.09.